The molecule has 29 heavy (non-hydrogen) atoms. The van der Waals surface area contributed by atoms with Crippen LogP contribution in [-0.2, 0) is 16.1 Å². The van der Waals surface area contributed by atoms with Gasteiger partial charge in [-0.15, -0.1) is 0 Å². The summed E-state index contributed by atoms with van der Waals surface area (Å²) in [5.74, 6) is 0.0976. The maximum atomic E-state index is 12.2. The van der Waals surface area contributed by atoms with E-state index < -0.39 is 18.5 Å². The number of ether oxygens (including phenoxy) is 2. The first-order chi connectivity index (χ1) is 13.9. The first-order valence-corrected chi connectivity index (χ1v) is 9.17. The van der Waals surface area contributed by atoms with Gasteiger partial charge in [-0.3, -0.25) is 4.79 Å². The zero-order chi connectivity index (χ0) is 20.8. The van der Waals surface area contributed by atoms with Gasteiger partial charge < -0.3 is 19.3 Å². The first kappa shape index (κ1) is 20.4. The van der Waals surface area contributed by atoms with E-state index in [0.717, 1.165) is 11.3 Å². The molecular formula is C21H19ClN2O5. The molecule has 0 aliphatic rings. The van der Waals surface area contributed by atoms with Crippen LogP contribution in [0.2, 0.25) is 5.02 Å². The number of halogens is 1. The summed E-state index contributed by atoms with van der Waals surface area (Å²) in [6.45, 7) is 3.49. The third-order valence-electron chi connectivity index (χ3n) is 4.10. The van der Waals surface area contributed by atoms with Crippen molar-refractivity contribution in [2.24, 2.45) is 0 Å². The van der Waals surface area contributed by atoms with Crippen LogP contribution >= 0.6 is 11.6 Å². The van der Waals surface area contributed by atoms with Gasteiger partial charge in [-0.05, 0) is 56.3 Å². The molecule has 1 N–H and O–H groups in total. The molecule has 0 unspecified atom stereocenters. The fraction of sp³-hybridized carbons (Fsp3) is 0.190. The summed E-state index contributed by atoms with van der Waals surface area (Å²) in [5, 5.41) is 7.06. The highest BCUT2D eigenvalue weighted by Gasteiger charge is 2.13. The van der Waals surface area contributed by atoms with Crippen LogP contribution in [0.15, 0.2) is 53.1 Å². The maximum Gasteiger partial charge on any atom is 0.338 e. The number of rotatable bonds is 7. The predicted molar refractivity (Wildman–Crippen MR) is 107 cm³/mol. The molecule has 0 saturated heterocycles. The van der Waals surface area contributed by atoms with Crippen molar-refractivity contribution >= 4 is 29.2 Å². The Bertz CT molecular complexity index is 995. The Hall–Kier alpha value is -3.32. The first-order valence-electron chi connectivity index (χ1n) is 8.79. The largest absolute Gasteiger partial charge is 0.489 e. The Morgan fingerprint density at radius 3 is 2.59 bits per heavy atom. The summed E-state index contributed by atoms with van der Waals surface area (Å²) >= 11 is 5.80. The predicted octanol–water partition coefficient (Wildman–Crippen LogP) is 4.32. The molecule has 0 fully saturated rings. The number of hydrogen-bond acceptors (Lipinski definition) is 6. The van der Waals surface area contributed by atoms with Crippen molar-refractivity contribution in [2.45, 2.75) is 20.5 Å². The van der Waals surface area contributed by atoms with Crippen molar-refractivity contribution in [1.82, 2.24) is 5.16 Å². The smallest absolute Gasteiger partial charge is 0.338 e. The molecule has 2 aromatic carbocycles. The van der Waals surface area contributed by atoms with Gasteiger partial charge in [0, 0.05) is 10.7 Å². The van der Waals surface area contributed by atoms with Crippen LogP contribution in [-0.4, -0.2) is 23.6 Å². The van der Waals surface area contributed by atoms with Crippen LogP contribution in [0.4, 0.5) is 5.69 Å². The van der Waals surface area contributed by atoms with Gasteiger partial charge in [0.15, 0.2) is 6.61 Å². The third kappa shape index (κ3) is 5.58. The van der Waals surface area contributed by atoms with Gasteiger partial charge >= 0.3 is 5.97 Å². The Morgan fingerprint density at radius 2 is 1.90 bits per heavy atom. The summed E-state index contributed by atoms with van der Waals surface area (Å²) in [4.78, 5) is 24.2. The standard InChI is InChI=1S/C21H19ClN2O5/c1-13-19(14(2)29-24-13)11-27-18-5-3-4-15(10-18)21(26)28-12-20(25)23-17-8-6-16(22)7-9-17/h3-10H,11-12H2,1-2H3,(H,23,25). The summed E-state index contributed by atoms with van der Waals surface area (Å²) < 4.78 is 15.9. The van der Waals surface area contributed by atoms with Crippen molar-refractivity contribution in [3.8, 4) is 5.75 Å². The Labute approximate surface area is 172 Å². The molecule has 0 saturated carbocycles. The van der Waals surface area contributed by atoms with Gasteiger partial charge in [-0.25, -0.2) is 4.79 Å². The lowest BCUT2D eigenvalue weighted by Gasteiger charge is -2.09. The van der Waals surface area contributed by atoms with Crippen LogP contribution in [0.5, 0.6) is 5.75 Å². The maximum absolute atomic E-state index is 12.2. The molecule has 1 heterocycles. The van der Waals surface area contributed by atoms with Crippen molar-refractivity contribution in [1.29, 1.82) is 0 Å². The Kier molecular flexibility index (Phi) is 6.51. The van der Waals surface area contributed by atoms with E-state index in [4.69, 9.17) is 25.6 Å². The molecule has 8 heteroatoms. The van der Waals surface area contributed by atoms with Crippen molar-refractivity contribution in [3.05, 3.63) is 76.1 Å². The fourth-order valence-corrected chi connectivity index (χ4v) is 2.65. The lowest BCUT2D eigenvalue weighted by Crippen LogP contribution is -2.20. The molecule has 0 radical (unpaired) electrons. The number of anilines is 1. The third-order valence-corrected chi connectivity index (χ3v) is 4.35. The summed E-state index contributed by atoms with van der Waals surface area (Å²) in [6.07, 6.45) is 0. The number of carbonyl (C=O) groups excluding carboxylic acids is 2. The van der Waals surface area contributed by atoms with E-state index in [2.05, 4.69) is 10.5 Å². The number of esters is 1. The van der Waals surface area contributed by atoms with Gasteiger partial charge in [-0.1, -0.05) is 22.8 Å². The molecule has 3 aromatic rings. The topological polar surface area (TPSA) is 90.7 Å². The number of aromatic nitrogens is 1. The number of nitrogens with one attached hydrogen (secondary N) is 1. The van der Waals surface area contributed by atoms with E-state index in [1.807, 2.05) is 13.8 Å². The molecule has 7 nitrogen and oxygen atoms in total. The number of amides is 1. The lowest BCUT2D eigenvalue weighted by molar-refractivity contribution is -0.119. The normalized spacial score (nSPS) is 10.4. The highest BCUT2D eigenvalue weighted by molar-refractivity contribution is 6.30. The van der Waals surface area contributed by atoms with Gasteiger partial charge in [0.2, 0.25) is 0 Å². The molecule has 0 aliphatic carbocycles. The van der Waals surface area contributed by atoms with Crippen molar-refractivity contribution < 1.29 is 23.6 Å². The molecule has 0 spiro atoms. The van der Waals surface area contributed by atoms with E-state index >= 15 is 0 Å². The van der Waals surface area contributed by atoms with Crippen LogP contribution < -0.4 is 10.1 Å². The number of nitrogens with zero attached hydrogens (tertiary/aromatic N) is 1. The van der Waals surface area contributed by atoms with Crippen LogP contribution in [0.3, 0.4) is 0 Å². The van der Waals surface area contributed by atoms with Gasteiger partial charge in [-0.2, -0.15) is 0 Å². The molecule has 1 aromatic heterocycles. The Balaban J connectivity index is 1.53. The van der Waals surface area contributed by atoms with Crippen LogP contribution in [0.1, 0.15) is 27.4 Å². The zero-order valence-electron chi connectivity index (χ0n) is 15.9. The van der Waals surface area contributed by atoms with Gasteiger partial charge in [0.1, 0.15) is 18.1 Å². The highest BCUT2D eigenvalue weighted by atomic mass is 35.5. The summed E-state index contributed by atoms with van der Waals surface area (Å²) in [7, 11) is 0. The average molecular weight is 415 g/mol. The van der Waals surface area contributed by atoms with Gasteiger partial charge in [0.25, 0.3) is 5.91 Å². The van der Waals surface area contributed by atoms with Crippen molar-refractivity contribution in [2.75, 3.05) is 11.9 Å². The number of hydrogen-bond donors (Lipinski definition) is 1. The molecular weight excluding hydrogens is 396 g/mol. The average Bonchev–Trinajstić information content (AvgIpc) is 3.04. The minimum atomic E-state index is -0.626. The molecule has 3 rings (SSSR count). The van der Waals surface area contributed by atoms with E-state index in [0.29, 0.717) is 22.2 Å². The zero-order valence-corrected chi connectivity index (χ0v) is 16.7. The summed E-state index contributed by atoms with van der Waals surface area (Å²) in [6, 6.07) is 13.1. The Morgan fingerprint density at radius 1 is 1.14 bits per heavy atom. The minimum absolute atomic E-state index is 0.267. The van der Waals surface area contributed by atoms with Crippen molar-refractivity contribution in [3.63, 3.8) is 0 Å². The lowest BCUT2D eigenvalue weighted by atomic mass is 10.2. The molecule has 150 valence electrons. The number of benzene rings is 2. The van der Waals surface area contributed by atoms with E-state index in [9.17, 15) is 9.59 Å². The van der Waals surface area contributed by atoms with Gasteiger partial charge in [0.05, 0.1) is 16.8 Å². The number of carbonyl (C=O) groups is 2. The summed E-state index contributed by atoms with van der Waals surface area (Å²) in [5.41, 5.74) is 2.45. The SMILES string of the molecule is Cc1noc(C)c1COc1cccc(C(=O)OCC(=O)Nc2ccc(Cl)cc2)c1. The molecule has 0 bridgehead atoms. The molecule has 0 aliphatic heterocycles. The van der Waals surface area contributed by atoms with E-state index in [1.54, 1.807) is 48.5 Å². The second-order valence-corrected chi connectivity index (χ2v) is 6.69. The minimum Gasteiger partial charge on any atom is -0.489 e. The van der Waals surface area contributed by atoms with Crippen LogP contribution in [0.25, 0.3) is 0 Å². The van der Waals surface area contributed by atoms with Crippen LogP contribution in [0, 0.1) is 13.8 Å². The second-order valence-electron chi connectivity index (χ2n) is 6.25. The fourth-order valence-electron chi connectivity index (χ4n) is 2.52. The quantitative estimate of drug-likeness (QED) is 0.579. The number of aryl methyl sites for hydroxylation is 2. The molecule has 0 atom stereocenters. The second kappa shape index (κ2) is 9.25. The van der Waals surface area contributed by atoms with E-state index in [1.165, 1.54) is 0 Å². The molecule has 1 amide bonds. The highest BCUT2D eigenvalue weighted by Crippen LogP contribution is 2.19. The monoisotopic (exact) mass is 414 g/mol. The van der Waals surface area contributed by atoms with E-state index in [-0.39, 0.29) is 12.2 Å².